The van der Waals surface area contributed by atoms with E-state index in [1.54, 1.807) is 0 Å². The van der Waals surface area contributed by atoms with E-state index in [1.807, 2.05) is 0 Å². The van der Waals surface area contributed by atoms with E-state index in [-0.39, 0.29) is 18.5 Å². The van der Waals surface area contributed by atoms with Gasteiger partial charge in [0.1, 0.15) is 5.54 Å². The molecule has 1 rings (SSSR count). The highest BCUT2D eigenvalue weighted by atomic mass is 16.5. The largest absolute Gasteiger partial charge is 0.468 e. The lowest BCUT2D eigenvalue weighted by atomic mass is 9.96. The van der Waals surface area contributed by atoms with Crippen LogP contribution >= 0.6 is 0 Å². The number of carbonyl (C=O) groups is 1. The van der Waals surface area contributed by atoms with Crippen molar-refractivity contribution in [2.75, 3.05) is 20.8 Å². The molecule has 1 saturated carbocycles. The Morgan fingerprint density at radius 2 is 2.17 bits per heavy atom. The maximum absolute atomic E-state index is 11.3. The predicted molar refractivity (Wildman–Crippen MR) is 43.5 cm³/mol. The number of rotatable bonds is 4. The van der Waals surface area contributed by atoms with Crippen molar-refractivity contribution in [3.05, 3.63) is 0 Å². The van der Waals surface area contributed by atoms with Crippen molar-refractivity contribution in [2.45, 2.75) is 18.4 Å². The van der Waals surface area contributed by atoms with Crippen LogP contribution in [-0.2, 0) is 14.3 Å². The van der Waals surface area contributed by atoms with Crippen molar-refractivity contribution in [3.8, 4) is 0 Å². The zero-order valence-corrected chi connectivity index (χ0v) is 7.50. The topological polar surface area (TPSA) is 61.5 Å². The maximum Gasteiger partial charge on any atom is 0.328 e. The van der Waals surface area contributed by atoms with Crippen LogP contribution in [0.3, 0.4) is 0 Å². The minimum Gasteiger partial charge on any atom is -0.468 e. The summed E-state index contributed by atoms with van der Waals surface area (Å²) in [5, 5.41) is 0. The highest BCUT2D eigenvalue weighted by Gasteiger charge is 2.49. The Bertz CT molecular complexity index is 179. The van der Waals surface area contributed by atoms with Gasteiger partial charge in [-0.2, -0.15) is 0 Å². The Balaban J connectivity index is 2.63. The van der Waals surface area contributed by atoms with Crippen LogP contribution in [0.5, 0.6) is 0 Å². The van der Waals surface area contributed by atoms with Gasteiger partial charge >= 0.3 is 5.97 Å². The van der Waals surface area contributed by atoms with Gasteiger partial charge < -0.3 is 15.2 Å². The third-order valence-electron chi connectivity index (χ3n) is 2.25. The molecule has 70 valence electrons. The summed E-state index contributed by atoms with van der Waals surface area (Å²) in [6.07, 6.45) is 1.99. The molecule has 1 fully saturated rings. The molecule has 1 atom stereocenters. The summed E-state index contributed by atoms with van der Waals surface area (Å²) in [5.41, 5.74) is 4.96. The van der Waals surface area contributed by atoms with Crippen LogP contribution in [-0.4, -0.2) is 32.3 Å². The van der Waals surface area contributed by atoms with Gasteiger partial charge in [-0.1, -0.05) is 0 Å². The molecular weight excluding hydrogens is 158 g/mol. The number of carbonyl (C=O) groups excluding carboxylic acids is 1. The molecule has 0 spiro atoms. The maximum atomic E-state index is 11.3. The smallest absolute Gasteiger partial charge is 0.328 e. The summed E-state index contributed by atoms with van der Waals surface area (Å²) in [6, 6.07) is 0. The third-order valence-corrected chi connectivity index (χ3v) is 2.25. The van der Waals surface area contributed by atoms with E-state index in [2.05, 4.69) is 4.74 Å². The molecule has 2 N–H and O–H groups in total. The second-order valence-corrected chi connectivity index (χ2v) is 3.24. The fourth-order valence-corrected chi connectivity index (χ4v) is 1.37. The molecule has 12 heavy (non-hydrogen) atoms. The van der Waals surface area contributed by atoms with Crippen molar-refractivity contribution in [3.63, 3.8) is 0 Å². The average molecular weight is 173 g/mol. The molecule has 1 aliphatic rings. The van der Waals surface area contributed by atoms with Crippen LogP contribution in [0.4, 0.5) is 0 Å². The fraction of sp³-hybridized carbons (Fsp3) is 0.875. The van der Waals surface area contributed by atoms with Gasteiger partial charge in [0.05, 0.1) is 13.7 Å². The van der Waals surface area contributed by atoms with Gasteiger partial charge in [0.2, 0.25) is 0 Å². The molecule has 0 aliphatic heterocycles. The van der Waals surface area contributed by atoms with Gasteiger partial charge in [-0.05, 0) is 18.8 Å². The SMILES string of the molecule is COCC(N)(C(=O)OC)C1CC1. The Morgan fingerprint density at radius 3 is 2.50 bits per heavy atom. The fourth-order valence-electron chi connectivity index (χ4n) is 1.37. The van der Waals surface area contributed by atoms with Crippen molar-refractivity contribution in [2.24, 2.45) is 11.7 Å². The molecule has 0 aromatic carbocycles. The van der Waals surface area contributed by atoms with Gasteiger partial charge in [0, 0.05) is 7.11 Å². The quantitative estimate of drug-likeness (QED) is 0.604. The lowest BCUT2D eigenvalue weighted by Gasteiger charge is -2.25. The van der Waals surface area contributed by atoms with Crippen LogP contribution in [0.1, 0.15) is 12.8 Å². The molecule has 1 aliphatic carbocycles. The van der Waals surface area contributed by atoms with E-state index >= 15 is 0 Å². The summed E-state index contributed by atoms with van der Waals surface area (Å²) in [4.78, 5) is 11.3. The zero-order valence-electron chi connectivity index (χ0n) is 7.50. The summed E-state index contributed by atoms with van der Waals surface area (Å²) >= 11 is 0. The van der Waals surface area contributed by atoms with Gasteiger partial charge in [-0.15, -0.1) is 0 Å². The Hall–Kier alpha value is -0.610. The number of nitrogens with two attached hydrogens (primary N) is 1. The van der Waals surface area contributed by atoms with Crippen molar-refractivity contribution >= 4 is 5.97 Å². The Kier molecular flexibility index (Phi) is 2.69. The van der Waals surface area contributed by atoms with E-state index in [9.17, 15) is 4.79 Å². The highest BCUT2D eigenvalue weighted by Crippen LogP contribution is 2.38. The predicted octanol–water partition coefficient (Wildman–Crippen LogP) is -0.0867. The first-order valence-electron chi connectivity index (χ1n) is 4.01. The van der Waals surface area contributed by atoms with Gasteiger partial charge in [0.25, 0.3) is 0 Å². The lowest BCUT2D eigenvalue weighted by Crippen LogP contribution is -2.54. The summed E-state index contributed by atoms with van der Waals surface area (Å²) in [5.74, 6) is -0.128. The first kappa shape index (κ1) is 9.48. The van der Waals surface area contributed by atoms with E-state index in [1.165, 1.54) is 14.2 Å². The molecule has 4 heteroatoms. The van der Waals surface area contributed by atoms with Gasteiger partial charge in [-0.3, -0.25) is 0 Å². The minimum absolute atomic E-state index is 0.240. The van der Waals surface area contributed by atoms with Crippen LogP contribution < -0.4 is 5.73 Å². The second kappa shape index (κ2) is 3.41. The van der Waals surface area contributed by atoms with Gasteiger partial charge in [-0.25, -0.2) is 4.79 Å². The molecule has 0 saturated heterocycles. The normalized spacial score (nSPS) is 21.6. The molecule has 0 amide bonds. The highest BCUT2D eigenvalue weighted by molar-refractivity contribution is 5.81. The van der Waals surface area contributed by atoms with Gasteiger partial charge in [0.15, 0.2) is 0 Å². The summed E-state index contributed by atoms with van der Waals surface area (Å²) in [7, 11) is 2.88. The Morgan fingerprint density at radius 1 is 1.58 bits per heavy atom. The minimum atomic E-state index is -0.913. The monoisotopic (exact) mass is 173 g/mol. The number of hydrogen-bond acceptors (Lipinski definition) is 4. The molecule has 0 aromatic heterocycles. The molecule has 1 unspecified atom stereocenters. The van der Waals surface area contributed by atoms with E-state index in [0.717, 1.165) is 12.8 Å². The van der Waals surface area contributed by atoms with Crippen LogP contribution in [0, 0.1) is 5.92 Å². The number of hydrogen-bond donors (Lipinski definition) is 1. The van der Waals surface area contributed by atoms with E-state index < -0.39 is 5.54 Å². The first-order valence-corrected chi connectivity index (χ1v) is 4.01. The van der Waals surface area contributed by atoms with Crippen molar-refractivity contribution < 1.29 is 14.3 Å². The number of esters is 1. The molecule has 0 bridgehead atoms. The summed E-state index contributed by atoms with van der Waals surface area (Å²) in [6.45, 7) is 0.240. The lowest BCUT2D eigenvalue weighted by molar-refractivity contribution is -0.150. The number of methoxy groups -OCH3 is 2. The van der Waals surface area contributed by atoms with Crippen LogP contribution in [0.2, 0.25) is 0 Å². The molecule has 0 radical (unpaired) electrons. The second-order valence-electron chi connectivity index (χ2n) is 3.24. The molecule has 0 heterocycles. The van der Waals surface area contributed by atoms with E-state index in [4.69, 9.17) is 10.5 Å². The van der Waals surface area contributed by atoms with Crippen LogP contribution in [0.15, 0.2) is 0 Å². The summed E-state index contributed by atoms with van der Waals surface area (Å²) < 4.78 is 9.53. The molecule has 0 aromatic rings. The average Bonchev–Trinajstić information content (AvgIpc) is 2.85. The zero-order chi connectivity index (χ0) is 9.19. The first-order chi connectivity index (χ1) is 5.65. The van der Waals surface area contributed by atoms with Crippen molar-refractivity contribution in [1.29, 1.82) is 0 Å². The van der Waals surface area contributed by atoms with E-state index in [0.29, 0.717) is 0 Å². The molecular formula is C8H15NO3. The third kappa shape index (κ3) is 1.59. The Labute approximate surface area is 72.0 Å². The molecule has 4 nitrogen and oxygen atoms in total. The standard InChI is InChI=1S/C8H15NO3/c1-11-5-8(9,6-3-4-6)7(10)12-2/h6H,3-5,9H2,1-2H3. The van der Waals surface area contributed by atoms with Crippen molar-refractivity contribution in [1.82, 2.24) is 0 Å². The number of ether oxygens (including phenoxy) is 2. The van der Waals surface area contributed by atoms with Crippen LogP contribution in [0.25, 0.3) is 0 Å².